The molecular formula is C20H18N6O3. The highest BCUT2D eigenvalue weighted by Crippen LogP contribution is 2.29. The molecule has 5 heterocycles. The average molecular weight is 390 g/mol. The van der Waals surface area contributed by atoms with Crippen molar-refractivity contribution in [1.29, 1.82) is 0 Å². The van der Waals surface area contributed by atoms with Crippen LogP contribution < -0.4 is 5.32 Å². The molecule has 0 saturated carbocycles. The van der Waals surface area contributed by atoms with E-state index in [0.717, 1.165) is 5.56 Å². The molecule has 1 aliphatic rings. The number of furan rings is 1. The summed E-state index contributed by atoms with van der Waals surface area (Å²) in [4.78, 5) is 17.2. The predicted octanol–water partition coefficient (Wildman–Crippen LogP) is 2.76. The van der Waals surface area contributed by atoms with Crippen molar-refractivity contribution in [2.75, 3.05) is 18.5 Å². The molecule has 0 atom stereocenters. The van der Waals surface area contributed by atoms with Gasteiger partial charge in [0, 0.05) is 25.6 Å². The van der Waals surface area contributed by atoms with Gasteiger partial charge in [-0.25, -0.2) is 0 Å². The first kappa shape index (κ1) is 17.4. The van der Waals surface area contributed by atoms with Crippen LogP contribution in [0.3, 0.4) is 0 Å². The van der Waals surface area contributed by atoms with Crippen LogP contribution in [0.2, 0.25) is 0 Å². The van der Waals surface area contributed by atoms with Gasteiger partial charge in [0.05, 0.1) is 42.4 Å². The Morgan fingerprint density at radius 2 is 2.10 bits per heavy atom. The fourth-order valence-corrected chi connectivity index (χ4v) is 3.09. The highest BCUT2D eigenvalue weighted by Gasteiger charge is 2.25. The molecule has 0 bridgehead atoms. The Morgan fingerprint density at radius 1 is 1.21 bits per heavy atom. The van der Waals surface area contributed by atoms with Crippen LogP contribution >= 0.6 is 0 Å². The Balaban J connectivity index is 1.43. The van der Waals surface area contributed by atoms with E-state index in [9.17, 15) is 4.79 Å². The molecule has 29 heavy (non-hydrogen) atoms. The first-order chi connectivity index (χ1) is 14.2. The number of amides is 1. The minimum absolute atomic E-state index is 0.156. The average Bonchev–Trinajstić information content (AvgIpc) is 3.41. The van der Waals surface area contributed by atoms with Gasteiger partial charge in [0.2, 0.25) is 0 Å². The molecule has 4 aromatic heterocycles. The number of hydrogen-bond donors (Lipinski definition) is 1. The van der Waals surface area contributed by atoms with Crippen LogP contribution in [-0.2, 0) is 11.8 Å². The Hall–Kier alpha value is -3.72. The molecule has 5 rings (SSSR count). The van der Waals surface area contributed by atoms with E-state index in [1.807, 2.05) is 36.1 Å². The van der Waals surface area contributed by atoms with Gasteiger partial charge < -0.3 is 14.5 Å². The van der Waals surface area contributed by atoms with E-state index in [1.165, 1.54) is 0 Å². The van der Waals surface area contributed by atoms with Gasteiger partial charge in [-0.15, -0.1) is 0 Å². The number of anilines is 1. The van der Waals surface area contributed by atoms with Crippen LogP contribution in [0.4, 0.5) is 5.69 Å². The summed E-state index contributed by atoms with van der Waals surface area (Å²) in [6, 6.07) is 9.12. The molecule has 1 saturated heterocycles. The van der Waals surface area contributed by atoms with Crippen LogP contribution in [0.1, 0.15) is 16.6 Å². The molecule has 9 heteroatoms. The van der Waals surface area contributed by atoms with Crippen molar-refractivity contribution in [2.45, 2.75) is 6.04 Å². The molecule has 0 unspecified atom stereocenters. The third-order valence-electron chi connectivity index (χ3n) is 4.70. The molecule has 0 radical (unpaired) electrons. The number of rotatable bonds is 5. The van der Waals surface area contributed by atoms with Crippen molar-refractivity contribution < 1.29 is 13.9 Å². The van der Waals surface area contributed by atoms with E-state index >= 15 is 0 Å². The molecule has 1 N–H and O–H groups in total. The van der Waals surface area contributed by atoms with Gasteiger partial charge in [-0.3, -0.25) is 19.1 Å². The summed E-state index contributed by atoms with van der Waals surface area (Å²) in [5, 5.41) is 11.6. The highest BCUT2D eigenvalue weighted by molar-refractivity contribution is 6.04. The summed E-state index contributed by atoms with van der Waals surface area (Å²) in [6.45, 7) is 1.20. The van der Waals surface area contributed by atoms with E-state index in [-0.39, 0.29) is 17.7 Å². The summed E-state index contributed by atoms with van der Waals surface area (Å²) in [5.74, 6) is 0.424. The highest BCUT2D eigenvalue weighted by atomic mass is 16.5. The summed E-state index contributed by atoms with van der Waals surface area (Å²) in [7, 11) is 1.82. The third-order valence-corrected chi connectivity index (χ3v) is 4.70. The largest absolute Gasteiger partial charge is 0.451 e. The lowest BCUT2D eigenvalue weighted by Crippen LogP contribution is -2.30. The first-order valence-corrected chi connectivity index (χ1v) is 9.16. The molecule has 0 aromatic carbocycles. The van der Waals surface area contributed by atoms with Crippen LogP contribution in [0.25, 0.3) is 22.7 Å². The van der Waals surface area contributed by atoms with Gasteiger partial charge in [-0.05, 0) is 24.3 Å². The van der Waals surface area contributed by atoms with E-state index < -0.39 is 0 Å². The Labute approximate surface area is 165 Å². The fourth-order valence-electron chi connectivity index (χ4n) is 3.09. The molecule has 0 aliphatic carbocycles. The maximum absolute atomic E-state index is 12.8. The summed E-state index contributed by atoms with van der Waals surface area (Å²) >= 11 is 0. The van der Waals surface area contributed by atoms with Gasteiger partial charge in [0.25, 0.3) is 5.91 Å². The van der Waals surface area contributed by atoms with Crippen molar-refractivity contribution in [3.63, 3.8) is 0 Å². The number of nitrogens with one attached hydrogen (secondary N) is 1. The maximum Gasteiger partial charge on any atom is 0.291 e. The second-order valence-corrected chi connectivity index (χ2v) is 6.80. The topological polar surface area (TPSA) is 100 Å². The lowest BCUT2D eigenvalue weighted by molar-refractivity contribution is -0.0285. The molecule has 0 spiro atoms. The SMILES string of the molecule is Cn1cc(-c2ccc(C(=O)Nc3cn(C4COC4)nc3-c3ccccn3)o2)cn1. The normalized spacial score (nSPS) is 14.0. The second kappa shape index (κ2) is 7.02. The first-order valence-electron chi connectivity index (χ1n) is 9.16. The number of aromatic nitrogens is 5. The molecule has 1 aliphatic heterocycles. The van der Waals surface area contributed by atoms with Crippen molar-refractivity contribution in [1.82, 2.24) is 24.5 Å². The van der Waals surface area contributed by atoms with Crippen LogP contribution in [0, 0.1) is 0 Å². The monoisotopic (exact) mass is 390 g/mol. The van der Waals surface area contributed by atoms with Crippen molar-refractivity contribution in [2.24, 2.45) is 7.05 Å². The Morgan fingerprint density at radius 3 is 2.79 bits per heavy atom. The van der Waals surface area contributed by atoms with Gasteiger partial charge in [0.1, 0.15) is 11.5 Å². The zero-order valence-corrected chi connectivity index (χ0v) is 15.6. The van der Waals surface area contributed by atoms with Crippen molar-refractivity contribution in [3.05, 3.63) is 60.9 Å². The Bertz CT molecular complexity index is 1160. The Kier molecular flexibility index (Phi) is 4.21. The maximum atomic E-state index is 12.8. The number of nitrogens with zero attached hydrogens (tertiary/aromatic N) is 5. The van der Waals surface area contributed by atoms with Gasteiger partial charge in [-0.1, -0.05) is 6.07 Å². The molecule has 9 nitrogen and oxygen atoms in total. The lowest BCUT2D eigenvalue weighted by Gasteiger charge is -2.25. The van der Waals surface area contributed by atoms with E-state index in [4.69, 9.17) is 9.15 Å². The van der Waals surface area contributed by atoms with Gasteiger partial charge >= 0.3 is 0 Å². The van der Waals surface area contributed by atoms with Gasteiger partial charge in [-0.2, -0.15) is 10.2 Å². The number of hydrogen-bond acceptors (Lipinski definition) is 6. The van der Waals surface area contributed by atoms with Crippen LogP contribution in [0.5, 0.6) is 0 Å². The molecule has 1 fully saturated rings. The summed E-state index contributed by atoms with van der Waals surface area (Å²) in [5.41, 5.74) is 2.65. The fraction of sp³-hybridized carbons (Fsp3) is 0.200. The standard InChI is InChI=1S/C20H18N6O3/c1-25-9-13(8-22-25)17-5-6-18(29-17)20(27)23-16-10-26(14-11-28-12-14)24-19(16)15-4-2-3-7-21-15/h2-10,14H,11-12H2,1H3,(H,23,27). The number of pyridine rings is 1. The quantitative estimate of drug-likeness (QED) is 0.562. The zero-order valence-electron chi connectivity index (χ0n) is 15.6. The lowest BCUT2D eigenvalue weighted by atomic mass is 10.2. The number of ether oxygens (including phenoxy) is 1. The number of carbonyl (C=O) groups excluding carboxylic acids is 1. The minimum Gasteiger partial charge on any atom is -0.451 e. The van der Waals surface area contributed by atoms with Crippen LogP contribution in [0.15, 0.2) is 59.5 Å². The zero-order chi connectivity index (χ0) is 19.8. The van der Waals surface area contributed by atoms with Crippen LogP contribution in [-0.4, -0.2) is 43.7 Å². The van der Waals surface area contributed by atoms with Crippen molar-refractivity contribution in [3.8, 4) is 22.7 Å². The smallest absolute Gasteiger partial charge is 0.291 e. The molecule has 4 aromatic rings. The number of carbonyl (C=O) groups is 1. The third kappa shape index (κ3) is 3.32. The molecule has 1 amide bonds. The summed E-state index contributed by atoms with van der Waals surface area (Å²) in [6.07, 6.45) is 7.01. The van der Waals surface area contributed by atoms with E-state index in [2.05, 4.69) is 20.5 Å². The predicted molar refractivity (Wildman–Crippen MR) is 104 cm³/mol. The van der Waals surface area contributed by atoms with Crippen molar-refractivity contribution >= 4 is 11.6 Å². The summed E-state index contributed by atoms with van der Waals surface area (Å²) < 4.78 is 14.5. The molecule has 146 valence electrons. The van der Waals surface area contributed by atoms with E-state index in [1.54, 1.807) is 35.4 Å². The molecular weight excluding hydrogens is 372 g/mol. The van der Waals surface area contributed by atoms with E-state index in [0.29, 0.717) is 36.0 Å². The minimum atomic E-state index is -0.360. The second-order valence-electron chi connectivity index (χ2n) is 6.80. The van der Waals surface area contributed by atoms with Gasteiger partial charge in [0.15, 0.2) is 5.76 Å². The number of aryl methyl sites for hydroxylation is 1.